The second-order valence-corrected chi connectivity index (χ2v) is 3.96. The minimum atomic E-state index is -0.656. The van der Waals surface area contributed by atoms with E-state index in [2.05, 4.69) is 5.32 Å². The summed E-state index contributed by atoms with van der Waals surface area (Å²) in [6.45, 7) is 0.145. The number of halogens is 1. The lowest BCUT2D eigenvalue weighted by molar-refractivity contribution is 0.0871. The molecular weight excluding hydrogens is 253 g/mol. The molecule has 0 heterocycles. The second-order valence-electron chi connectivity index (χ2n) is 3.96. The van der Waals surface area contributed by atoms with Crippen molar-refractivity contribution in [2.24, 2.45) is 0 Å². The van der Waals surface area contributed by atoms with Crippen LogP contribution in [-0.2, 0) is 4.74 Å². The summed E-state index contributed by atoms with van der Waals surface area (Å²) in [5.41, 5.74) is -0.149. The first kappa shape index (κ1) is 15.4. The van der Waals surface area contributed by atoms with Gasteiger partial charge in [0, 0.05) is 13.7 Å². The summed E-state index contributed by atoms with van der Waals surface area (Å²) in [6, 6.07) is 3.78. The molecule has 0 aliphatic heterocycles. The first-order chi connectivity index (χ1) is 9.13. The zero-order valence-electron chi connectivity index (χ0n) is 11.0. The molecule has 106 valence electrons. The predicted octanol–water partition coefficient (Wildman–Crippen LogP) is 0.961. The lowest BCUT2D eigenvalue weighted by Gasteiger charge is -2.18. The van der Waals surface area contributed by atoms with Crippen LogP contribution in [0.15, 0.2) is 18.2 Å². The predicted molar refractivity (Wildman–Crippen MR) is 67.8 cm³/mol. The normalized spacial score (nSPS) is 12.0. The molecule has 0 bridgehead atoms. The zero-order chi connectivity index (χ0) is 14.3. The third kappa shape index (κ3) is 4.18. The van der Waals surface area contributed by atoms with E-state index in [9.17, 15) is 9.18 Å². The van der Waals surface area contributed by atoms with Gasteiger partial charge in [0.15, 0.2) is 0 Å². The summed E-state index contributed by atoms with van der Waals surface area (Å²) in [6.07, 6.45) is 0.330. The highest BCUT2D eigenvalue weighted by atomic mass is 19.1. The van der Waals surface area contributed by atoms with E-state index in [-0.39, 0.29) is 30.6 Å². The van der Waals surface area contributed by atoms with Gasteiger partial charge in [-0.1, -0.05) is 6.07 Å². The highest BCUT2D eigenvalue weighted by molar-refractivity contribution is 5.97. The zero-order valence-corrected chi connectivity index (χ0v) is 11.0. The van der Waals surface area contributed by atoms with E-state index in [1.54, 1.807) is 0 Å². The van der Waals surface area contributed by atoms with Gasteiger partial charge in [-0.05, 0) is 18.6 Å². The van der Waals surface area contributed by atoms with Crippen LogP contribution in [0, 0.1) is 5.82 Å². The van der Waals surface area contributed by atoms with Crippen LogP contribution in [0.4, 0.5) is 4.39 Å². The van der Waals surface area contributed by atoms with Crippen LogP contribution in [0.5, 0.6) is 5.75 Å². The molecule has 0 aliphatic rings. The summed E-state index contributed by atoms with van der Waals surface area (Å²) in [5.74, 6) is -1.08. The molecule has 1 atom stereocenters. The molecule has 1 unspecified atom stereocenters. The van der Waals surface area contributed by atoms with Crippen molar-refractivity contribution in [3.63, 3.8) is 0 Å². The SMILES string of the molecule is COCC(CCO)NC(=O)c1c(F)cccc1OC. The van der Waals surface area contributed by atoms with Crippen molar-refractivity contribution in [3.8, 4) is 5.75 Å². The number of carbonyl (C=O) groups excluding carboxylic acids is 1. The van der Waals surface area contributed by atoms with Crippen LogP contribution in [0.1, 0.15) is 16.8 Å². The average molecular weight is 271 g/mol. The summed E-state index contributed by atoms with van der Waals surface area (Å²) in [5, 5.41) is 11.5. The van der Waals surface area contributed by atoms with E-state index < -0.39 is 11.7 Å². The number of rotatable bonds is 7. The highest BCUT2D eigenvalue weighted by Gasteiger charge is 2.20. The molecule has 2 N–H and O–H groups in total. The quantitative estimate of drug-likeness (QED) is 0.775. The van der Waals surface area contributed by atoms with Gasteiger partial charge in [0.2, 0.25) is 0 Å². The molecule has 1 aromatic rings. The van der Waals surface area contributed by atoms with Crippen molar-refractivity contribution < 1.29 is 23.8 Å². The Morgan fingerprint density at radius 1 is 1.47 bits per heavy atom. The molecule has 5 nitrogen and oxygen atoms in total. The van der Waals surface area contributed by atoms with E-state index in [4.69, 9.17) is 14.6 Å². The van der Waals surface area contributed by atoms with Crippen LogP contribution >= 0.6 is 0 Å². The monoisotopic (exact) mass is 271 g/mol. The summed E-state index contributed by atoms with van der Waals surface area (Å²) >= 11 is 0. The number of methoxy groups -OCH3 is 2. The van der Waals surface area contributed by atoms with Gasteiger partial charge in [0.1, 0.15) is 17.1 Å². The Bertz CT molecular complexity index is 419. The van der Waals surface area contributed by atoms with Crippen LogP contribution < -0.4 is 10.1 Å². The number of nitrogens with one attached hydrogen (secondary N) is 1. The van der Waals surface area contributed by atoms with E-state index >= 15 is 0 Å². The fraction of sp³-hybridized carbons (Fsp3) is 0.462. The van der Waals surface area contributed by atoms with Crippen LogP contribution in [0.25, 0.3) is 0 Å². The van der Waals surface area contributed by atoms with Gasteiger partial charge in [-0.25, -0.2) is 4.39 Å². The molecule has 0 aliphatic carbocycles. The minimum Gasteiger partial charge on any atom is -0.496 e. The Balaban J connectivity index is 2.87. The maximum atomic E-state index is 13.7. The number of carbonyl (C=O) groups is 1. The number of hydrogen-bond donors (Lipinski definition) is 2. The minimum absolute atomic E-state index is 0.0945. The fourth-order valence-corrected chi connectivity index (χ4v) is 1.71. The molecule has 1 amide bonds. The van der Waals surface area contributed by atoms with Crippen molar-refractivity contribution >= 4 is 5.91 Å². The Kier molecular flexibility index (Phi) is 6.24. The van der Waals surface area contributed by atoms with Gasteiger partial charge in [0.05, 0.1) is 19.8 Å². The van der Waals surface area contributed by atoms with Crippen molar-refractivity contribution in [2.75, 3.05) is 27.4 Å². The molecule has 0 radical (unpaired) electrons. The largest absolute Gasteiger partial charge is 0.496 e. The van der Waals surface area contributed by atoms with Gasteiger partial charge >= 0.3 is 0 Å². The maximum absolute atomic E-state index is 13.7. The Hall–Kier alpha value is -1.66. The van der Waals surface area contributed by atoms with E-state index in [0.29, 0.717) is 6.42 Å². The third-order valence-corrected chi connectivity index (χ3v) is 2.60. The van der Waals surface area contributed by atoms with Gasteiger partial charge in [-0.2, -0.15) is 0 Å². The first-order valence-electron chi connectivity index (χ1n) is 5.87. The van der Waals surface area contributed by atoms with E-state index in [1.165, 1.54) is 32.4 Å². The maximum Gasteiger partial charge on any atom is 0.258 e. The smallest absolute Gasteiger partial charge is 0.258 e. The number of hydrogen-bond acceptors (Lipinski definition) is 4. The summed E-state index contributed by atoms with van der Waals surface area (Å²) in [4.78, 5) is 12.0. The average Bonchev–Trinajstić information content (AvgIpc) is 2.38. The van der Waals surface area contributed by atoms with Crippen LogP contribution in [-0.4, -0.2) is 44.5 Å². The van der Waals surface area contributed by atoms with Crippen LogP contribution in [0.3, 0.4) is 0 Å². The molecule has 0 saturated carbocycles. The Morgan fingerprint density at radius 3 is 2.79 bits per heavy atom. The number of benzene rings is 1. The molecule has 0 spiro atoms. The van der Waals surface area contributed by atoms with Crippen molar-refractivity contribution in [2.45, 2.75) is 12.5 Å². The standard InChI is InChI=1S/C13H18FNO4/c1-18-8-9(6-7-16)15-13(17)12-10(14)4-3-5-11(12)19-2/h3-5,9,16H,6-8H2,1-2H3,(H,15,17). The lowest BCUT2D eigenvalue weighted by Crippen LogP contribution is -2.39. The molecule has 0 fully saturated rings. The molecule has 0 aromatic heterocycles. The van der Waals surface area contributed by atoms with E-state index in [1.807, 2.05) is 0 Å². The summed E-state index contributed by atoms with van der Waals surface area (Å²) in [7, 11) is 2.85. The number of ether oxygens (including phenoxy) is 2. The lowest BCUT2D eigenvalue weighted by atomic mass is 10.1. The molecular formula is C13H18FNO4. The molecule has 6 heteroatoms. The number of aliphatic hydroxyl groups is 1. The molecule has 1 rings (SSSR count). The second kappa shape index (κ2) is 7.70. The molecule has 19 heavy (non-hydrogen) atoms. The number of amides is 1. The molecule has 1 aromatic carbocycles. The first-order valence-corrected chi connectivity index (χ1v) is 5.87. The Morgan fingerprint density at radius 2 is 2.21 bits per heavy atom. The summed E-state index contributed by atoms with van der Waals surface area (Å²) < 4.78 is 23.6. The Labute approximate surface area is 111 Å². The number of aliphatic hydroxyl groups excluding tert-OH is 1. The van der Waals surface area contributed by atoms with Crippen molar-refractivity contribution in [1.82, 2.24) is 5.32 Å². The van der Waals surface area contributed by atoms with Crippen LogP contribution in [0.2, 0.25) is 0 Å². The van der Waals surface area contributed by atoms with E-state index in [0.717, 1.165) is 0 Å². The fourth-order valence-electron chi connectivity index (χ4n) is 1.71. The topological polar surface area (TPSA) is 67.8 Å². The van der Waals surface area contributed by atoms with Crippen molar-refractivity contribution in [3.05, 3.63) is 29.6 Å². The molecule has 0 saturated heterocycles. The van der Waals surface area contributed by atoms with Gasteiger partial charge in [-0.15, -0.1) is 0 Å². The third-order valence-electron chi connectivity index (χ3n) is 2.60. The van der Waals surface area contributed by atoms with Gasteiger partial charge in [0.25, 0.3) is 5.91 Å². The van der Waals surface area contributed by atoms with Gasteiger partial charge in [-0.3, -0.25) is 4.79 Å². The van der Waals surface area contributed by atoms with Crippen molar-refractivity contribution in [1.29, 1.82) is 0 Å². The van der Waals surface area contributed by atoms with Gasteiger partial charge < -0.3 is 19.9 Å². The highest BCUT2D eigenvalue weighted by Crippen LogP contribution is 2.21.